The minimum atomic E-state index is -0.933. The topological polar surface area (TPSA) is 145 Å². The molecule has 10 nitrogen and oxygen atoms in total. The Morgan fingerprint density at radius 2 is 1.80 bits per heavy atom. The number of carbonyl (C=O) groups is 3. The molecule has 2 aromatic carbocycles. The van der Waals surface area contributed by atoms with Gasteiger partial charge >= 0.3 is 0 Å². The number of hydrogen-bond donors (Lipinski definition) is 3. The molecule has 0 radical (unpaired) electrons. The second-order valence-corrected chi connectivity index (χ2v) is 6.95. The first kappa shape index (κ1) is 20.9. The first-order valence-corrected chi connectivity index (χ1v) is 9.48. The second kappa shape index (κ2) is 9.13. The third kappa shape index (κ3) is 5.17. The van der Waals surface area contributed by atoms with Crippen LogP contribution in [0.1, 0.15) is 20.7 Å². The molecular formula is C18H16FN7O3S. The van der Waals surface area contributed by atoms with Crippen LogP contribution in [-0.2, 0) is 11.8 Å². The number of halogens is 1. The number of primary amides is 1. The number of rotatable bonds is 7. The standard InChI is InChI=1S/C18H16FN7O3S/c1-26-18(23-24-25-26)30-9-15(27)21-11-4-2-10(3-5-11)17(29)22-12-6-7-14(19)13(8-12)16(20)28/h2-8H,9H2,1H3,(H2,20,28)(H,21,27)(H,22,29). The zero-order valence-corrected chi connectivity index (χ0v) is 16.4. The molecule has 4 N–H and O–H groups in total. The number of hydrogen-bond acceptors (Lipinski definition) is 7. The van der Waals surface area contributed by atoms with Gasteiger partial charge in [-0.15, -0.1) is 5.10 Å². The summed E-state index contributed by atoms with van der Waals surface area (Å²) in [4.78, 5) is 35.6. The molecule has 0 unspecified atom stereocenters. The Morgan fingerprint density at radius 3 is 2.43 bits per heavy atom. The van der Waals surface area contributed by atoms with Crippen LogP contribution in [0.4, 0.5) is 15.8 Å². The van der Waals surface area contributed by atoms with Crippen molar-refractivity contribution in [2.24, 2.45) is 12.8 Å². The fourth-order valence-corrected chi connectivity index (χ4v) is 3.02. The summed E-state index contributed by atoms with van der Waals surface area (Å²) in [5.41, 5.74) is 5.81. The van der Waals surface area contributed by atoms with Crippen LogP contribution in [0.3, 0.4) is 0 Å². The molecule has 3 aromatic rings. The molecule has 0 bridgehead atoms. The van der Waals surface area contributed by atoms with E-state index in [0.717, 1.165) is 12.1 Å². The second-order valence-electron chi connectivity index (χ2n) is 6.01. The van der Waals surface area contributed by atoms with Gasteiger partial charge in [0.15, 0.2) is 0 Å². The summed E-state index contributed by atoms with van der Waals surface area (Å²) in [6.07, 6.45) is 0. The molecule has 0 saturated carbocycles. The Morgan fingerprint density at radius 1 is 1.10 bits per heavy atom. The number of amides is 3. The molecule has 1 heterocycles. The molecule has 1 aromatic heterocycles. The summed E-state index contributed by atoms with van der Waals surface area (Å²) in [7, 11) is 1.67. The van der Waals surface area contributed by atoms with Gasteiger partial charge in [-0.1, -0.05) is 11.8 Å². The Labute approximate surface area is 174 Å². The highest BCUT2D eigenvalue weighted by atomic mass is 32.2. The van der Waals surface area contributed by atoms with Crippen molar-refractivity contribution in [3.8, 4) is 0 Å². The van der Waals surface area contributed by atoms with E-state index >= 15 is 0 Å². The number of anilines is 2. The number of benzene rings is 2. The number of aryl methyl sites for hydroxylation is 1. The van der Waals surface area contributed by atoms with E-state index in [2.05, 4.69) is 26.2 Å². The summed E-state index contributed by atoms with van der Waals surface area (Å²) >= 11 is 1.19. The molecule has 3 rings (SSSR count). The molecule has 30 heavy (non-hydrogen) atoms. The molecule has 0 fully saturated rings. The zero-order chi connectivity index (χ0) is 21.7. The Balaban J connectivity index is 1.57. The molecule has 0 aliphatic carbocycles. The molecule has 0 aliphatic heterocycles. The van der Waals surface area contributed by atoms with Gasteiger partial charge in [0, 0.05) is 24.0 Å². The van der Waals surface area contributed by atoms with Crippen molar-refractivity contribution in [2.45, 2.75) is 5.16 Å². The first-order chi connectivity index (χ1) is 14.3. The van der Waals surface area contributed by atoms with E-state index < -0.39 is 17.6 Å². The van der Waals surface area contributed by atoms with Gasteiger partial charge in [0.25, 0.3) is 11.8 Å². The first-order valence-electron chi connectivity index (χ1n) is 8.49. The van der Waals surface area contributed by atoms with Gasteiger partial charge in [0.2, 0.25) is 11.1 Å². The summed E-state index contributed by atoms with van der Waals surface area (Å²) < 4.78 is 15.0. The summed E-state index contributed by atoms with van der Waals surface area (Å²) in [5.74, 6) is -2.32. The molecule has 154 valence electrons. The van der Waals surface area contributed by atoms with Crippen LogP contribution in [0, 0.1) is 5.82 Å². The lowest BCUT2D eigenvalue weighted by molar-refractivity contribution is -0.113. The number of aromatic nitrogens is 4. The van der Waals surface area contributed by atoms with Crippen LogP contribution < -0.4 is 16.4 Å². The summed E-state index contributed by atoms with van der Waals surface area (Å²) in [5, 5.41) is 16.7. The molecule has 0 spiro atoms. The highest BCUT2D eigenvalue weighted by Crippen LogP contribution is 2.17. The predicted octanol–water partition coefficient (Wildman–Crippen LogP) is 1.43. The summed E-state index contributed by atoms with van der Waals surface area (Å²) in [6.45, 7) is 0. The van der Waals surface area contributed by atoms with Gasteiger partial charge < -0.3 is 16.4 Å². The largest absolute Gasteiger partial charge is 0.366 e. The summed E-state index contributed by atoms with van der Waals surface area (Å²) in [6, 6.07) is 9.70. The van der Waals surface area contributed by atoms with Gasteiger partial charge in [-0.25, -0.2) is 9.07 Å². The maximum Gasteiger partial charge on any atom is 0.255 e. The number of nitrogens with zero attached hydrogens (tertiary/aromatic N) is 4. The van der Waals surface area contributed by atoms with Crippen LogP contribution in [0.5, 0.6) is 0 Å². The maximum atomic E-state index is 13.5. The highest BCUT2D eigenvalue weighted by Gasteiger charge is 2.12. The van der Waals surface area contributed by atoms with Gasteiger partial charge in [-0.2, -0.15) is 0 Å². The average Bonchev–Trinajstić information content (AvgIpc) is 3.13. The minimum absolute atomic E-state index is 0.114. The van der Waals surface area contributed by atoms with Crippen LogP contribution in [0.2, 0.25) is 0 Å². The molecule has 0 atom stereocenters. The lowest BCUT2D eigenvalue weighted by Gasteiger charge is -2.08. The van der Waals surface area contributed by atoms with E-state index in [4.69, 9.17) is 5.73 Å². The maximum absolute atomic E-state index is 13.5. The van der Waals surface area contributed by atoms with E-state index in [0.29, 0.717) is 16.4 Å². The van der Waals surface area contributed by atoms with Crippen LogP contribution in [-0.4, -0.2) is 43.7 Å². The van der Waals surface area contributed by atoms with Crippen LogP contribution in [0.15, 0.2) is 47.6 Å². The highest BCUT2D eigenvalue weighted by molar-refractivity contribution is 7.99. The molecule has 12 heteroatoms. The lowest BCUT2D eigenvalue weighted by atomic mass is 10.1. The van der Waals surface area contributed by atoms with Crippen molar-refractivity contribution in [3.63, 3.8) is 0 Å². The quantitative estimate of drug-likeness (QED) is 0.482. The lowest BCUT2D eigenvalue weighted by Crippen LogP contribution is -2.16. The molecule has 3 amide bonds. The van der Waals surface area contributed by atoms with Crippen molar-refractivity contribution in [1.82, 2.24) is 20.2 Å². The third-order valence-electron chi connectivity index (χ3n) is 3.83. The van der Waals surface area contributed by atoms with Gasteiger partial charge in [0.05, 0.1) is 11.3 Å². The van der Waals surface area contributed by atoms with E-state index in [1.807, 2.05) is 0 Å². The van der Waals surface area contributed by atoms with E-state index in [1.165, 1.54) is 34.6 Å². The zero-order valence-electron chi connectivity index (χ0n) is 15.6. The minimum Gasteiger partial charge on any atom is -0.366 e. The normalized spacial score (nSPS) is 10.5. The molecule has 0 aliphatic rings. The fourth-order valence-electron chi connectivity index (χ4n) is 2.37. The number of thioether (sulfide) groups is 1. The number of tetrazole rings is 1. The van der Waals surface area contributed by atoms with Crippen LogP contribution >= 0.6 is 11.8 Å². The van der Waals surface area contributed by atoms with Crippen molar-refractivity contribution >= 4 is 40.9 Å². The molecular weight excluding hydrogens is 413 g/mol. The predicted molar refractivity (Wildman–Crippen MR) is 107 cm³/mol. The monoisotopic (exact) mass is 429 g/mol. The van der Waals surface area contributed by atoms with E-state index in [-0.39, 0.29) is 22.9 Å². The number of nitrogens with two attached hydrogens (primary N) is 1. The third-order valence-corrected chi connectivity index (χ3v) is 4.84. The fraction of sp³-hybridized carbons (Fsp3) is 0.111. The van der Waals surface area contributed by atoms with Gasteiger partial charge in [-0.3, -0.25) is 14.4 Å². The molecule has 0 saturated heterocycles. The van der Waals surface area contributed by atoms with Gasteiger partial charge in [-0.05, 0) is 52.9 Å². The average molecular weight is 429 g/mol. The SMILES string of the molecule is Cn1nnnc1SCC(=O)Nc1ccc(C(=O)Nc2ccc(F)c(C(N)=O)c2)cc1. The Hall–Kier alpha value is -3.80. The number of carbonyl (C=O) groups excluding carboxylic acids is 3. The van der Waals surface area contributed by atoms with E-state index in [1.54, 1.807) is 19.2 Å². The van der Waals surface area contributed by atoms with Crippen molar-refractivity contribution in [2.75, 3.05) is 16.4 Å². The van der Waals surface area contributed by atoms with Crippen LogP contribution in [0.25, 0.3) is 0 Å². The Kier molecular flexibility index (Phi) is 6.37. The van der Waals surface area contributed by atoms with Crippen molar-refractivity contribution < 1.29 is 18.8 Å². The number of nitrogens with one attached hydrogen (secondary N) is 2. The van der Waals surface area contributed by atoms with Crippen molar-refractivity contribution in [1.29, 1.82) is 0 Å². The smallest absolute Gasteiger partial charge is 0.255 e. The Bertz CT molecular complexity index is 1100. The van der Waals surface area contributed by atoms with E-state index in [9.17, 15) is 18.8 Å². The van der Waals surface area contributed by atoms with Crippen molar-refractivity contribution in [3.05, 3.63) is 59.4 Å². The van der Waals surface area contributed by atoms with Gasteiger partial charge in [0.1, 0.15) is 5.82 Å².